The van der Waals surface area contributed by atoms with E-state index in [9.17, 15) is 8.42 Å². The average Bonchev–Trinajstić information content (AvgIpc) is 2.76. The van der Waals surface area contributed by atoms with Crippen LogP contribution in [0.5, 0.6) is 0 Å². The van der Waals surface area contributed by atoms with E-state index in [1.165, 1.54) is 12.1 Å². The van der Waals surface area contributed by atoms with Gasteiger partial charge in [0.15, 0.2) is 0 Å². The highest BCUT2D eigenvalue weighted by Gasteiger charge is 2.23. The number of hydrogen-bond acceptors (Lipinski definition) is 5. The zero-order valence-electron chi connectivity index (χ0n) is 9.75. The zero-order chi connectivity index (χ0) is 13.1. The number of aliphatic hydroxyl groups excluding tert-OH is 2. The van der Waals surface area contributed by atoms with Gasteiger partial charge in [-0.05, 0) is 25.0 Å². The van der Waals surface area contributed by atoms with Gasteiger partial charge in [-0.2, -0.15) is 0 Å². The molecule has 0 fully saturated rings. The molecule has 17 heavy (non-hydrogen) atoms. The first-order valence-corrected chi connectivity index (χ1v) is 6.71. The number of hydrogen-bond donors (Lipinski definition) is 3. The van der Waals surface area contributed by atoms with Gasteiger partial charge in [0.2, 0.25) is 5.09 Å². The molecule has 2 atom stereocenters. The molecule has 6 nitrogen and oxygen atoms in total. The van der Waals surface area contributed by atoms with Crippen molar-refractivity contribution in [2.24, 2.45) is 5.92 Å². The second-order valence-corrected chi connectivity index (χ2v) is 5.59. The Balaban J connectivity index is 2.81. The van der Waals surface area contributed by atoms with Crippen LogP contribution in [0.2, 0.25) is 0 Å². The molecule has 3 N–H and O–H groups in total. The number of furan rings is 1. The molecule has 2 unspecified atom stereocenters. The van der Waals surface area contributed by atoms with E-state index < -0.39 is 16.1 Å². The summed E-state index contributed by atoms with van der Waals surface area (Å²) in [6.07, 6.45) is 0. The third-order valence-corrected chi connectivity index (χ3v) is 3.97. The van der Waals surface area contributed by atoms with Crippen molar-refractivity contribution in [1.82, 2.24) is 4.72 Å². The van der Waals surface area contributed by atoms with Crippen molar-refractivity contribution in [3.8, 4) is 0 Å². The minimum atomic E-state index is -3.74. The second kappa shape index (κ2) is 5.63. The number of nitrogens with one attached hydrogen (secondary N) is 1. The molecule has 0 aliphatic carbocycles. The van der Waals surface area contributed by atoms with Gasteiger partial charge in [0.05, 0.1) is 0 Å². The third kappa shape index (κ3) is 3.53. The van der Waals surface area contributed by atoms with Crippen LogP contribution < -0.4 is 4.72 Å². The van der Waals surface area contributed by atoms with E-state index in [0.29, 0.717) is 0 Å². The largest absolute Gasteiger partial charge is 0.446 e. The van der Waals surface area contributed by atoms with Gasteiger partial charge in [0.1, 0.15) is 12.4 Å². The van der Waals surface area contributed by atoms with Crippen molar-refractivity contribution < 1.29 is 23.0 Å². The maximum absolute atomic E-state index is 11.8. The summed E-state index contributed by atoms with van der Waals surface area (Å²) >= 11 is 0. The van der Waals surface area contributed by atoms with Crippen molar-refractivity contribution in [2.75, 3.05) is 6.61 Å². The van der Waals surface area contributed by atoms with Crippen LogP contribution in [-0.2, 0) is 16.6 Å². The summed E-state index contributed by atoms with van der Waals surface area (Å²) in [5.41, 5.74) is 0. The predicted molar refractivity (Wildman–Crippen MR) is 60.7 cm³/mol. The quantitative estimate of drug-likeness (QED) is 0.674. The standard InChI is InChI=1S/C10H17NO5S/c1-7(5-12)8(2)11-17(14,15)10-4-3-9(6-13)16-10/h3-4,7-8,11-13H,5-6H2,1-2H3. The Kier molecular flexibility index (Phi) is 4.70. The topological polar surface area (TPSA) is 99.8 Å². The number of rotatable bonds is 6. The van der Waals surface area contributed by atoms with Crippen molar-refractivity contribution in [3.63, 3.8) is 0 Å². The van der Waals surface area contributed by atoms with Crippen LogP contribution in [0.15, 0.2) is 21.6 Å². The fourth-order valence-electron chi connectivity index (χ4n) is 1.16. The van der Waals surface area contributed by atoms with E-state index in [2.05, 4.69) is 4.72 Å². The minimum Gasteiger partial charge on any atom is -0.446 e. The highest BCUT2D eigenvalue weighted by atomic mass is 32.2. The maximum Gasteiger partial charge on any atom is 0.274 e. The molecule has 1 aromatic rings. The zero-order valence-corrected chi connectivity index (χ0v) is 10.6. The molecule has 7 heteroatoms. The van der Waals surface area contributed by atoms with Crippen LogP contribution in [0, 0.1) is 5.92 Å². The maximum atomic E-state index is 11.8. The molecular formula is C10H17NO5S. The molecule has 0 aliphatic rings. The first-order valence-electron chi connectivity index (χ1n) is 5.23. The van der Waals surface area contributed by atoms with Gasteiger partial charge in [-0.1, -0.05) is 6.92 Å². The normalized spacial score (nSPS) is 15.8. The Hall–Kier alpha value is -0.890. The Morgan fingerprint density at radius 2 is 2.00 bits per heavy atom. The molecule has 98 valence electrons. The van der Waals surface area contributed by atoms with Crippen LogP contribution >= 0.6 is 0 Å². The van der Waals surface area contributed by atoms with Crippen LogP contribution in [0.1, 0.15) is 19.6 Å². The molecule has 0 saturated carbocycles. The van der Waals surface area contributed by atoms with Crippen molar-refractivity contribution in [1.29, 1.82) is 0 Å². The summed E-state index contributed by atoms with van der Waals surface area (Å²) in [5.74, 6) is -0.00900. The molecule has 0 bridgehead atoms. The molecule has 0 aromatic carbocycles. The Bertz CT molecular complexity index is 453. The van der Waals surface area contributed by atoms with Gasteiger partial charge in [0.25, 0.3) is 10.0 Å². The molecule has 0 amide bonds. The fourth-order valence-corrected chi connectivity index (χ4v) is 2.47. The molecule has 1 aromatic heterocycles. The smallest absolute Gasteiger partial charge is 0.274 e. The lowest BCUT2D eigenvalue weighted by molar-refractivity contribution is 0.215. The Labute approximate surface area is 100 Å². The predicted octanol–water partition coefficient (Wildman–Crippen LogP) is 0.0671. The van der Waals surface area contributed by atoms with E-state index in [1.807, 2.05) is 0 Å². The molecular weight excluding hydrogens is 246 g/mol. The Morgan fingerprint density at radius 3 is 2.47 bits per heavy atom. The highest BCUT2D eigenvalue weighted by molar-refractivity contribution is 7.89. The molecule has 0 radical (unpaired) electrons. The van der Waals surface area contributed by atoms with Crippen molar-refractivity contribution in [2.45, 2.75) is 31.6 Å². The lowest BCUT2D eigenvalue weighted by atomic mass is 10.1. The summed E-state index contributed by atoms with van der Waals surface area (Å²) in [5, 5.41) is 17.5. The first kappa shape index (κ1) is 14.2. The summed E-state index contributed by atoms with van der Waals surface area (Å²) < 4.78 is 31.0. The van der Waals surface area contributed by atoms with Crippen LogP contribution in [0.4, 0.5) is 0 Å². The van der Waals surface area contributed by atoms with Gasteiger partial charge in [-0.3, -0.25) is 0 Å². The van der Waals surface area contributed by atoms with Gasteiger partial charge < -0.3 is 14.6 Å². The van der Waals surface area contributed by atoms with Gasteiger partial charge in [0, 0.05) is 12.6 Å². The summed E-state index contributed by atoms with van der Waals surface area (Å²) in [4.78, 5) is 0. The van der Waals surface area contributed by atoms with Crippen LogP contribution in [-0.4, -0.2) is 31.3 Å². The first-order chi connectivity index (χ1) is 7.90. The van der Waals surface area contributed by atoms with E-state index in [0.717, 1.165) is 0 Å². The van der Waals surface area contributed by atoms with E-state index in [4.69, 9.17) is 14.6 Å². The molecule has 0 spiro atoms. The monoisotopic (exact) mass is 263 g/mol. The molecule has 1 heterocycles. The number of aliphatic hydroxyl groups is 2. The number of sulfonamides is 1. The van der Waals surface area contributed by atoms with Gasteiger partial charge >= 0.3 is 0 Å². The highest BCUT2D eigenvalue weighted by Crippen LogP contribution is 2.15. The second-order valence-electron chi connectivity index (χ2n) is 3.95. The van der Waals surface area contributed by atoms with E-state index in [-0.39, 0.29) is 30.0 Å². The average molecular weight is 263 g/mol. The van der Waals surface area contributed by atoms with E-state index in [1.54, 1.807) is 13.8 Å². The van der Waals surface area contributed by atoms with E-state index >= 15 is 0 Å². The lowest BCUT2D eigenvalue weighted by Gasteiger charge is -2.18. The summed E-state index contributed by atoms with van der Waals surface area (Å²) in [6, 6.07) is 2.27. The molecule has 0 saturated heterocycles. The van der Waals surface area contributed by atoms with Crippen molar-refractivity contribution in [3.05, 3.63) is 17.9 Å². The fraction of sp³-hybridized carbons (Fsp3) is 0.600. The van der Waals surface area contributed by atoms with Crippen molar-refractivity contribution >= 4 is 10.0 Å². The van der Waals surface area contributed by atoms with Crippen LogP contribution in [0.3, 0.4) is 0 Å². The molecule has 1 rings (SSSR count). The summed E-state index contributed by atoms with van der Waals surface area (Å²) in [6.45, 7) is 2.94. The Morgan fingerprint density at radius 1 is 1.35 bits per heavy atom. The van der Waals surface area contributed by atoms with Gasteiger partial charge in [-0.25, -0.2) is 13.1 Å². The lowest BCUT2D eigenvalue weighted by Crippen LogP contribution is -2.38. The summed E-state index contributed by atoms with van der Waals surface area (Å²) in [7, 11) is -3.74. The third-order valence-electron chi connectivity index (χ3n) is 2.54. The molecule has 0 aliphatic heterocycles. The van der Waals surface area contributed by atoms with Gasteiger partial charge in [-0.15, -0.1) is 0 Å². The minimum absolute atomic E-state index is 0.107. The van der Waals surface area contributed by atoms with Crippen LogP contribution in [0.25, 0.3) is 0 Å². The SMILES string of the molecule is CC(CO)C(C)NS(=O)(=O)c1ccc(CO)o1.